The van der Waals surface area contributed by atoms with E-state index in [2.05, 4.69) is 5.32 Å². The second-order valence-corrected chi connectivity index (χ2v) is 4.84. The number of amides is 2. The van der Waals surface area contributed by atoms with Crippen molar-refractivity contribution in [3.8, 4) is 0 Å². The van der Waals surface area contributed by atoms with Gasteiger partial charge in [0.05, 0.1) is 0 Å². The molecule has 0 aromatic heterocycles. The number of nitrogens with zero attached hydrogens (tertiary/aromatic N) is 1. The molecule has 0 atom stereocenters. The van der Waals surface area contributed by atoms with Crippen LogP contribution in [0.25, 0.3) is 0 Å². The van der Waals surface area contributed by atoms with Crippen LogP contribution >= 0.6 is 23.8 Å². The maximum absolute atomic E-state index is 11.5. The summed E-state index contributed by atoms with van der Waals surface area (Å²) in [5, 5.41) is 3.55. The molecule has 2 rings (SSSR count). The summed E-state index contributed by atoms with van der Waals surface area (Å²) in [6.07, 6.45) is 0.435. The Morgan fingerprint density at radius 1 is 1.33 bits per heavy atom. The maximum atomic E-state index is 11.5. The molecule has 0 unspecified atom stereocenters. The van der Waals surface area contributed by atoms with Gasteiger partial charge >= 0.3 is 0 Å². The van der Waals surface area contributed by atoms with E-state index in [1.165, 1.54) is 0 Å². The van der Waals surface area contributed by atoms with Crippen molar-refractivity contribution in [2.45, 2.75) is 19.8 Å². The number of anilines is 1. The average Bonchev–Trinajstić information content (AvgIpc) is 2.63. The molecule has 1 saturated heterocycles. The van der Waals surface area contributed by atoms with Gasteiger partial charge in [0.1, 0.15) is 0 Å². The smallest absolute Gasteiger partial charge is 0.236 e. The van der Waals surface area contributed by atoms with Crippen LogP contribution in [0, 0.1) is 6.92 Å². The van der Waals surface area contributed by atoms with Crippen LogP contribution in [0.5, 0.6) is 0 Å². The first-order valence-corrected chi connectivity index (χ1v) is 6.20. The van der Waals surface area contributed by atoms with Crippen molar-refractivity contribution in [1.29, 1.82) is 0 Å². The standard InChI is InChI=1S/C12H11ClN2O2S/c1-7-2-3-8(13)6-9(7)14-12(18)15-10(16)4-5-11(15)17/h2-3,6H,4-5H2,1H3,(H,14,18). The van der Waals surface area contributed by atoms with Gasteiger partial charge in [-0.2, -0.15) is 0 Å². The molecule has 0 aliphatic carbocycles. The lowest BCUT2D eigenvalue weighted by molar-refractivity contribution is -0.133. The predicted molar refractivity (Wildman–Crippen MR) is 73.5 cm³/mol. The summed E-state index contributed by atoms with van der Waals surface area (Å²) >= 11 is 11.0. The molecule has 6 heteroatoms. The molecule has 0 bridgehead atoms. The normalized spacial score (nSPS) is 15.1. The predicted octanol–water partition coefficient (Wildman–Crippen LogP) is 2.49. The number of thiocarbonyl (C=S) groups is 1. The van der Waals surface area contributed by atoms with Gasteiger partial charge in [0.25, 0.3) is 0 Å². The SMILES string of the molecule is Cc1ccc(Cl)cc1NC(=S)N1C(=O)CCC1=O. The summed E-state index contributed by atoms with van der Waals surface area (Å²) in [5.41, 5.74) is 1.63. The van der Waals surface area contributed by atoms with E-state index in [0.29, 0.717) is 10.7 Å². The minimum Gasteiger partial charge on any atom is -0.332 e. The maximum Gasteiger partial charge on any atom is 0.236 e. The van der Waals surface area contributed by atoms with Crippen LogP contribution in [-0.4, -0.2) is 21.8 Å². The van der Waals surface area contributed by atoms with Gasteiger partial charge in [0.2, 0.25) is 11.8 Å². The van der Waals surface area contributed by atoms with Crippen LogP contribution in [0.3, 0.4) is 0 Å². The molecule has 0 saturated carbocycles. The zero-order chi connectivity index (χ0) is 13.3. The molecular formula is C12H11ClN2O2S. The number of carbonyl (C=O) groups is 2. The molecule has 2 amide bonds. The van der Waals surface area contributed by atoms with Crippen molar-refractivity contribution in [3.05, 3.63) is 28.8 Å². The third kappa shape index (κ3) is 2.52. The van der Waals surface area contributed by atoms with Crippen LogP contribution in [-0.2, 0) is 9.59 Å². The lowest BCUT2D eigenvalue weighted by Crippen LogP contribution is -2.38. The molecule has 1 heterocycles. The average molecular weight is 283 g/mol. The Kier molecular flexibility index (Phi) is 3.63. The van der Waals surface area contributed by atoms with Crippen molar-refractivity contribution in [3.63, 3.8) is 0 Å². The van der Waals surface area contributed by atoms with E-state index >= 15 is 0 Å². The second kappa shape index (κ2) is 5.04. The quantitative estimate of drug-likeness (QED) is 0.635. The topological polar surface area (TPSA) is 49.4 Å². The van der Waals surface area contributed by atoms with E-state index in [1.807, 2.05) is 13.0 Å². The van der Waals surface area contributed by atoms with E-state index < -0.39 is 0 Å². The third-order valence-corrected chi connectivity index (χ3v) is 3.22. The molecule has 1 fully saturated rings. The summed E-state index contributed by atoms with van der Waals surface area (Å²) in [5.74, 6) is -0.533. The molecule has 0 spiro atoms. The van der Waals surface area contributed by atoms with Crippen molar-refractivity contribution in [2.24, 2.45) is 0 Å². The van der Waals surface area contributed by atoms with Gasteiger partial charge in [-0.3, -0.25) is 9.59 Å². The molecule has 1 aliphatic rings. The van der Waals surface area contributed by atoms with Gasteiger partial charge < -0.3 is 5.32 Å². The Bertz CT molecular complexity index is 529. The number of hydrogen-bond acceptors (Lipinski definition) is 3. The van der Waals surface area contributed by atoms with E-state index in [4.69, 9.17) is 23.8 Å². The molecule has 94 valence electrons. The molecular weight excluding hydrogens is 272 g/mol. The van der Waals surface area contributed by atoms with Gasteiger partial charge in [-0.05, 0) is 36.8 Å². The van der Waals surface area contributed by atoms with Gasteiger partial charge in [-0.15, -0.1) is 0 Å². The summed E-state index contributed by atoms with van der Waals surface area (Å²) < 4.78 is 0. The highest BCUT2D eigenvalue weighted by Crippen LogP contribution is 2.21. The summed E-state index contributed by atoms with van der Waals surface area (Å²) in [7, 11) is 0. The molecule has 18 heavy (non-hydrogen) atoms. The van der Waals surface area contributed by atoms with Crippen LogP contribution in [0.4, 0.5) is 5.69 Å². The number of halogens is 1. The molecule has 1 aliphatic heterocycles. The lowest BCUT2D eigenvalue weighted by Gasteiger charge is -2.17. The van der Waals surface area contributed by atoms with E-state index in [9.17, 15) is 9.59 Å². The number of aryl methyl sites for hydroxylation is 1. The van der Waals surface area contributed by atoms with Crippen LogP contribution in [0.1, 0.15) is 18.4 Å². The minimum absolute atomic E-state index is 0.105. The first-order valence-electron chi connectivity index (χ1n) is 5.42. The highest BCUT2D eigenvalue weighted by atomic mass is 35.5. The summed E-state index contributed by atoms with van der Waals surface area (Å²) in [4.78, 5) is 24.0. The molecule has 1 aromatic rings. The highest BCUT2D eigenvalue weighted by Gasteiger charge is 2.32. The fraction of sp³-hybridized carbons (Fsp3) is 0.250. The Labute approximate surface area is 115 Å². The molecule has 4 nitrogen and oxygen atoms in total. The van der Waals surface area contributed by atoms with Crippen LogP contribution < -0.4 is 5.32 Å². The monoisotopic (exact) mass is 282 g/mol. The lowest BCUT2D eigenvalue weighted by atomic mass is 10.2. The van der Waals surface area contributed by atoms with Crippen molar-refractivity contribution >= 4 is 46.4 Å². The minimum atomic E-state index is -0.266. The molecule has 0 radical (unpaired) electrons. The van der Waals surface area contributed by atoms with Crippen LogP contribution in [0.15, 0.2) is 18.2 Å². The first-order chi connectivity index (χ1) is 8.49. The van der Waals surface area contributed by atoms with Crippen molar-refractivity contribution in [1.82, 2.24) is 4.90 Å². The van der Waals surface area contributed by atoms with Gasteiger partial charge in [-0.1, -0.05) is 17.7 Å². The zero-order valence-corrected chi connectivity index (χ0v) is 11.3. The fourth-order valence-corrected chi connectivity index (χ4v) is 2.19. The van der Waals surface area contributed by atoms with E-state index in [0.717, 1.165) is 10.5 Å². The largest absolute Gasteiger partial charge is 0.332 e. The number of nitrogens with one attached hydrogen (secondary N) is 1. The number of imide groups is 1. The molecule has 1 N–H and O–H groups in total. The van der Waals surface area contributed by atoms with Gasteiger partial charge in [0.15, 0.2) is 5.11 Å². The van der Waals surface area contributed by atoms with E-state index in [-0.39, 0.29) is 29.8 Å². The Balaban J connectivity index is 2.19. The number of hydrogen-bond donors (Lipinski definition) is 1. The van der Waals surface area contributed by atoms with E-state index in [1.54, 1.807) is 12.1 Å². The number of carbonyl (C=O) groups excluding carboxylic acids is 2. The first kappa shape index (κ1) is 13.0. The Morgan fingerprint density at radius 3 is 2.56 bits per heavy atom. The van der Waals surface area contributed by atoms with Crippen LogP contribution in [0.2, 0.25) is 5.02 Å². The summed E-state index contributed by atoms with van der Waals surface area (Å²) in [6, 6.07) is 5.30. The van der Waals surface area contributed by atoms with Gasteiger partial charge in [-0.25, -0.2) is 4.90 Å². The fourth-order valence-electron chi connectivity index (χ4n) is 1.70. The Morgan fingerprint density at radius 2 is 1.94 bits per heavy atom. The highest BCUT2D eigenvalue weighted by molar-refractivity contribution is 7.80. The van der Waals surface area contributed by atoms with Crippen molar-refractivity contribution in [2.75, 3.05) is 5.32 Å². The van der Waals surface area contributed by atoms with Gasteiger partial charge in [0, 0.05) is 23.6 Å². The number of likely N-dealkylation sites (tertiary alicyclic amines) is 1. The summed E-state index contributed by atoms with van der Waals surface area (Å²) in [6.45, 7) is 1.88. The Hall–Kier alpha value is -1.46. The molecule has 1 aromatic carbocycles. The second-order valence-electron chi connectivity index (χ2n) is 4.01. The van der Waals surface area contributed by atoms with Crippen molar-refractivity contribution < 1.29 is 9.59 Å². The zero-order valence-electron chi connectivity index (χ0n) is 9.70. The number of benzene rings is 1. The third-order valence-electron chi connectivity index (χ3n) is 2.70. The number of rotatable bonds is 1.